The van der Waals surface area contributed by atoms with Crippen LogP contribution in [0.25, 0.3) is 0 Å². The molecule has 0 heterocycles. The zero-order valence-corrected chi connectivity index (χ0v) is 14.2. The molecule has 1 aromatic carbocycles. The zero-order chi connectivity index (χ0) is 16.4. The Morgan fingerprint density at radius 1 is 1.10 bits per heavy atom. The number of Topliss-reactive ketones (excluding diaryl/α,β-unsaturated/α-hetero) is 1. The van der Waals surface area contributed by atoms with Crippen LogP contribution in [0.1, 0.15) is 76.4 Å². The molecule has 0 atom stereocenters. The predicted octanol–water partition coefficient (Wildman–Crippen LogP) is 4.58. The molecule has 0 unspecified atom stereocenters. The Labute approximate surface area is 128 Å². The average molecular weight is 286 g/mol. The standard InChI is InChI=1S/C19H26O2/c1-8-9-10-15(20)13-11-12-14(18(2,3)4)17(21)16(13)19(5,6)7/h11-12,21H,8H2,1-7H3. The highest BCUT2D eigenvalue weighted by Gasteiger charge is 2.29. The van der Waals surface area contributed by atoms with Crippen LogP contribution >= 0.6 is 0 Å². The quantitative estimate of drug-likeness (QED) is 0.466. The van der Waals surface area contributed by atoms with Gasteiger partial charge in [-0.2, -0.15) is 0 Å². The summed E-state index contributed by atoms with van der Waals surface area (Å²) in [5.74, 6) is 5.45. The minimum absolute atomic E-state index is 0.180. The van der Waals surface area contributed by atoms with E-state index in [0.717, 1.165) is 5.56 Å². The van der Waals surface area contributed by atoms with Gasteiger partial charge in [-0.1, -0.05) is 60.5 Å². The van der Waals surface area contributed by atoms with Gasteiger partial charge in [-0.3, -0.25) is 4.79 Å². The van der Waals surface area contributed by atoms with Gasteiger partial charge < -0.3 is 5.11 Å². The molecule has 0 aliphatic rings. The number of hydrogen-bond donors (Lipinski definition) is 1. The fourth-order valence-corrected chi connectivity index (χ4v) is 2.38. The fraction of sp³-hybridized carbons (Fsp3) is 0.526. The maximum atomic E-state index is 12.3. The Morgan fingerprint density at radius 2 is 1.67 bits per heavy atom. The van der Waals surface area contributed by atoms with Crippen molar-refractivity contribution < 1.29 is 9.90 Å². The Morgan fingerprint density at radius 3 is 2.10 bits per heavy atom. The molecule has 0 amide bonds. The first-order valence-electron chi connectivity index (χ1n) is 7.40. The Hall–Kier alpha value is -1.75. The van der Waals surface area contributed by atoms with E-state index in [1.54, 1.807) is 6.07 Å². The third-order valence-electron chi connectivity index (χ3n) is 3.36. The summed E-state index contributed by atoms with van der Waals surface area (Å²) < 4.78 is 0. The summed E-state index contributed by atoms with van der Waals surface area (Å²) in [5.41, 5.74) is 1.54. The zero-order valence-electron chi connectivity index (χ0n) is 14.2. The Kier molecular flexibility index (Phi) is 4.89. The third kappa shape index (κ3) is 3.88. The van der Waals surface area contributed by atoms with E-state index in [1.165, 1.54) is 0 Å². The second kappa shape index (κ2) is 5.93. The van der Waals surface area contributed by atoms with Crippen LogP contribution in [0.15, 0.2) is 12.1 Å². The van der Waals surface area contributed by atoms with E-state index in [2.05, 4.69) is 11.8 Å². The second-order valence-electron chi connectivity index (χ2n) is 7.37. The first kappa shape index (κ1) is 17.3. The minimum Gasteiger partial charge on any atom is -0.507 e. The van der Waals surface area contributed by atoms with Gasteiger partial charge in [0.15, 0.2) is 0 Å². The van der Waals surface area contributed by atoms with Crippen LogP contribution in [0, 0.1) is 11.8 Å². The Balaban J connectivity index is 3.62. The van der Waals surface area contributed by atoms with Crippen molar-refractivity contribution in [2.45, 2.75) is 65.7 Å². The van der Waals surface area contributed by atoms with Crippen molar-refractivity contribution in [3.05, 3.63) is 28.8 Å². The van der Waals surface area contributed by atoms with Crippen LogP contribution in [-0.4, -0.2) is 10.9 Å². The number of carbonyl (C=O) groups is 1. The van der Waals surface area contributed by atoms with Crippen LogP contribution in [0.3, 0.4) is 0 Å². The number of phenols is 1. The molecule has 21 heavy (non-hydrogen) atoms. The molecule has 0 aliphatic carbocycles. The van der Waals surface area contributed by atoms with Gasteiger partial charge in [0.1, 0.15) is 5.75 Å². The van der Waals surface area contributed by atoms with Gasteiger partial charge in [0.05, 0.1) is 0 Å². The largest absolute Gasteiger partial charge is 0.507 e. The van der Waals surface area contributed by atoms with E-state index < -0.39 is 0 Å². The number of benzene rings is 1. The molecule has 0 bridgehead atoms. The summed E-state index contributed by atoms with van der Waals surface area (Å²) in [6.07, 6.45) is 0.642. The Bertz CT molecular complexity index is 599. The van der Waals surface area contributed by atoms with Gasteiger partial charge in [-0.25, -0.2) is 0 Å². The molecule has 0 saturated heterocycles. The number of hydrogen-bond acceptors (Lipinski definition) is 2. The summed E-state index contributed by atoms with van der Waals surface area (Å²) in [5, 5.41) is 10.7. The van der Waals surface area contributed by atoms with Crippen LogP contribution in [-0.2, 0) is 10.8 Å². The van der Waals surface area contributed by atoms with E-state index in [0.29, 0.717) is 17.5 Å². The predicted molar refractivity (Wildman–Crippen MR) is 87.9 cm³/mol. The molecule has 0 fully saturated rings. The number of carbonyl (C=O) groups excluding carboxylic acids is 1. The number of rotatable bonds is 1. The maximum absolute atomic E-state index is 12.3. The topological polar surface area (TPSA) is 37.3 Å². The van der Waals surface area contributed by atoms with Crippen molar-refractivity contribution in [3.63, 3.8) is 0 Å². The number of phenolic OH excluding ortho intramolecular Hbond substituents is 1. The lowest BCUT2D eigenvalue weighted by Gasteiger charge is -2.28. The lowest BCUT2D eigenvalue weighted by Crippen LogP contribution is -2.20. The third-order valence-corrected chi connectivity index (χ3v) is 3.36. The molecule has 1 N–H and O–H groups in total. The van der Waals surface area contributed by atoms with Gasteiger partial charge in [0.2, 0.25) is 5.78 Å². The van der Waals surface area contributed by atoms with Crippen molar-refractivity contribution in [2.24, 2.45) is 0 Å². The minimum atomic E-state index is -0.329. The average Bonchev–Trinajstić information content (AvgIpc) is 2.32. The molecule has 0 aliphatic heterocycles. The first-order valence-corrected chi connectivity index (χ1v) is 7.40. The van der Waals surface area contributed by atoms with Gasteiger partial charge in [0, 0.05) is 17.5 Å². The van der Waals surface area contributed by atoms with Crippen molar-refractivity contribution >= 4 is 5.78 Å². The summed E-state index contributed by atoms with van der Waals surface area (Å²) in [7, 11) is 0. The van der Waals surface area contributed by atoms with Crippen LogP contribution in [0.4, 0.5) is 0 Å². The molecule has 1 aromatic rings. The van der Waals surface area contributed by atoms with Crippen LogP contribution in [0.2, 0.25) is 0 Å². The van der Waals surface area contributed by atoms with Crippen molar-refractivity contribution in [2.75, 3.05) is 0 Å². The lowest BCUT2D eigenvalue weighted by molar-refractivity contribution is 0.105. The fourth-order valence-electron chi connectivity index (χ4n) is 2.38. The second-order valence-corrected chi connectivity index (χ2v) is 7.37. The highest BCUT2D eigenvalue weighted by Crippen LogP contribution is 2.40. The van der Waals surface area contributed by atoms with Crippen molar-refractivity contribution in [1.82, 2.24) is 0 Å². The van der Waals surface area contributed by atoms with Crippen LogP contribution < -0.4 is 0 Å². The molecule has 2 nitrogen and oxygen atoms in total. The highest BCUT2D eigenvalue weighted by atomic mass is 16.3. The summed E-state index contributed by atoms with van der Waals surface area (Å²) in [4.78, 5) is 12.3. The molecule has 114 valence electrons. The normalized spacial score (nSPS) is 11.8. The van der Waals surface area contributed by atoms with E-state index >= 15 is 0 Å². The van der Waals surface area contributed by atoms with E-state index in [1.807, 2.05) is 54.5 Å². The smallest absolute Gasteiger partial charge is 0.236 e. The maximum Gasteiger partial charge on any atom is 0.236 e. The molecular formula is C19H26O2. The molecule has 0 radical (unpaired) electrons. The van der Waals surface area contributed by atoms with Crippen LogP contribution in [0.5, 0.6) is 5.75 Å². The van der Waals surface area contributed by atoms with Gasteiger partial charge >= 0.3 is 0 Å². The summed E-state index contributed by atoms with van der Waals surface area (Å²) in [6.45, 7) is 14.0. The van der Waals surface area contributed by atoms with E-state index in [9.17, 15) is 9.90 Å². The van der Waals surface area contributed by atoms with Gasteiger partial charge in [0.25, 0.3) is 0 Å². The molecule has 1 rings (SSSR count). The van der Waals surface area contributed by atoms with Crippen molar-refractivity contribution in [3.8, 4) is 17.6 Å². The summed E-state index contributed by atoms with van der Waals surface area (Å²) in [6, 6.07) is 3.64. The molecule has 0 spiro atoms. The SMILES string of the molecule is CCC#CC(=O)c1ccc(C(C)(C)C)c(O)c1C(C)(C)C. The molecular weight excluding hydrogens is 260 g/mol. The highest BCUT2D eigenvalue weighted by molar-refractivity contribution is 6.10. The molecule has 2 heteroatoms. The van der Waals surface area contributed by atoms with E-state index in [-0.39, 0.29) is 22.4 Å². The van der Waals surface area contributed by atoms with E-state index in [4.69, 9.17) is 0 Å². The number of ketones is 1. The molecule has 0 saturated carbocycles. The lowest BCUT2D eigenvalue weighted by atomic mass is 9.76. The van der Waals surface area contributed by atoms with Gasteiger partial charge in [-0.05, 0) is 28.4 Å². The van der Waals surface area contributed by atoms with Gasteiger partial charge in [-0.15, -0.1) is 0 Å². The first-order chi connectivity index (χ1) is 9.50. The monoisotopic (exact) mass is 286 g/mol. The summed E-state index contributed by atoms with van der Waals surface area (Å²) >= 11 is 0. The number of aromatic hydroxyl groups is 1. The van der Waals surface area contributed by atoms with Crippen molar-refractivity contribution in [1.29, 1.82) is 0 Å². The molecule has 0 aromatic heterocycles.